The lowest BCUT2D eigenvalue weighted by Crippen LogP contribution is -2.55. The fourth-order valence-corrected chi connectivity index (χ4v) is 4.40. The largest absolute Gasteiger partial charge is 0.355 e. The van der Waals surface area contributed by atoms with Crippen LogP contribution in [0.5, 0.6) is 0 Å². The zero-order chi connectivity index (χ0) is 20.3. The van der Waals surface area contributed by atoms with Crippen LogP contribution in [0.3, 0.4) is 0 Å². The molecule has 154 valence electrons. The van der Waals surface area contributed by atoms with E-state index in [-0.39, 0.29) is 11.8 Å². The SMILES string of the molecule is O=C(NCCc1nc(-c2ccccn2)no1)[C@@H]1C[C@H]2CCN(c3ncccn3)C[C@H]21. The summed E-state index contributed by atoms with van der Waals surface area (Å²) in [6.07, 6.45) is 7.76. The topological polar surface area (TPSA) is 110 Å². The summed E-state index contributed by atoms with van der Waals surface area (Å²) in [7, 11) is 0. The van der Waals surface area contributed by atoms with Crippen molar-refractivity contribution in [1.29, 1.82) is 0 Å². The Morgan fingerprint density at radius 2 is 2.03 bits per heavy atom. The second kappa shape index (κ2) is 8.17. The summed E-state index contributed by atoms with van der Waals surface area (Å²) in [4.78, 5) is 32.2. The molecule has 1 amide bonds. The highest BCUT2D eigenvalue weighted by atomic mass is 16.5. The third-order valence-corrected chi connectivity index (χ3v) is 6.05. The molecule has 0 radical (unpaired) electrons. The highest BCUT2D eigenvalue weighted by molar-refractivity contribution is 5.80. The van der Waals surface area contributed by atoms with Gasteiger partial charge in [0.05, 0.1) is 0 Å². The summed E-state index contributed by atoms with van der Waals surface area (Å²) in [6.45, 7) is 2.27. The van der Waals surface area contributed by atoms with Crippen molar-refractivity contribution in [2.75, 3.05) is 24.5 Å². The van der Waals surface area contributed by atoms with Crippen molar-refractivity contribution < 1.29 is 9.32 Å². The minimum absolute atomic E-state index is 0.0493. The summed E-state index contributed by atoms with van der Waals surface area (Å²) >= 11 is 0. The van der Waals surface area contributed by atoms with Crippen molar-refractivity contribution in [2.24, 2.45) is 17.8 Å². The van der Waals surface area contributed by atoms with Crippen molar-refractivity contribution in [2.45, 2.75) is 19.3 Å². The van der Waals surface area contributed by atoms with Crippen LogP contribution in [0.25, 0.3) is 11.5 Å². The van der Waals surface area contributed by atoms with Crippen molar-refractivity contribution in [3.05, 3.63) is 48.7 Å². The van der Waals surface area contributed by atoms with Gasteiger partial charge in [0.15, 0.2) is 0 Å². The van der Waals surface area contributed by atoms with Gasteiger partial charge < -0.3 is 14.7 Å². The lowest BCUT2D eigenvalue weighted by atomic mass is 9.61. The molecule has 0 unspecified atom stereocenters. The second-order valence-electron chi connectivity index (χ2n) is 7.82. The molecule has 1 saturated carbocycles. The molecule has 0 aromatic carbocycles. The van der Waals surface area contributed by atoms with E-state index in [9.17, 15) is 4.79 Å². The fraction of sp³-hybridized carbons (Fsp3) is 0.429. The minimum Gasteiger partial charge on any atom is -0.355 e. The molecule has 5 rings (SSSR count). The molecular weight excluding hydrogens is 382 g/mol. The quantitative estimate of drug-likeness (QED) is 0.660. The van der Waals surface area contributed by atoms with Crippen LogP contribution in [0.4, 0.5) is 5.95 Å². The monoisotopic (exact) mass is 405 g/mol. The molecule has 1 saturated heterocycles. The van der Waals surface area contributed by atoms with Gasteiger partial charge in [0.25, 0.3) is 0 Å². The molecule has 3 aromatic heterocycles. The maximum atomic E-state index is 12.7. The minimum atomic E-state index is 0.0493. The van der Waals surface area contributed by atoms with E-state index in [1.165, 1.54) is 0 Å². The number of hydrogen-bond donors (Lipinski definition) is 1. The van der Waals surface area contributed by atoms with Gasteiger partial charge >= 0.3 is 0 Å². The normalized spacial score (nSPS) is 22.8. The Morgan fingerprint density at radius 3 is 2.87 bits per heavy atom. The van der Waals surface area contributed by atoms with Gasteiger partial charge in [-0.1, -0.05) is 11.2 Å². The Kier molecular flexibility index (Phi) is 5.08. The fourth-order valence-electron chi connectivity index (χ4n) is 4.40. The van der Waals surface area contributed by atoms with Gasteiger partial charge in [-0.2, -0.15) is 4.98 Å². The first-order valence-corrected chi connectivity index (χ1v) is 10.3. The smallest absolute Gasteiger partial charge is 0.228 e. The molecule has 2 aliphatic rings. The maximum Gasteiger partial charge on any atom is 0.228 e. The van der Waals surface area contributed by atoms with Crippen molar-refractivity contribution >= 4 is 11.9 Å². The van der Waals surface area contributed by atoms with Gasteiger partial charge in [-0.05, 0) is 42.9 Å². The molecule has 0 spiro atoms. The molecule has 1 aliphatic heterocycles. The van der Waals surface area contributed by atoms with Crippen molar-refractivity contribution in [3.63, 3.8) is 0 Å². The molecule has 2 fully saturated rings. The molecule has 3 atom stereocenters. The van der Waals surface area contributed by atoms with Gasteiger partial charge in [-0.3, -0.25) is 9.78 Å². The van der Waals surface area contributed by atoms with Crippen molar-refractivity contribution in [1.82, 2.24) is 30.4 Å². The third-order valence-electron chi connectivity index (χ3n) is 6.05. The van der Waals surface area contributed by atoms with Crippen LogP contribution in [0.1, 0.15) is 18.7 Å². The van der Waals surface area contributed by atoms with Gasteiger partial charge in [0.1, 0.15) is 5.69 Å². The zero-order valence-corrected chi connectivity index (χ0v) is 16.5. The van der Waals surface area contributed by atoms with Crippen molar-refractivity contribution in [3.8, 4) is 11.5 Å². The summed E-state index contributed by atoms with van der Waals surface area (Å²) in [5.41, 5.74) is 0.668. The molecule has 9 heteroatoms. The maximum absolute atomic E-state index is 12.7. The average molecular weight is 405 g/mol. The van der Waals surface area contributed by atoms with E-state index in [2.05, 4.69) is 35.3 Å². The number of amides is 1. The first-order chi connectivity index (χ1) is 14.8. The number of piperidine rings is 1. The van der Waals surface area contributed by atoms with E-state index in [1.54, 1.807) is 18.6 Å². The number of carbonyl (C=O) groups is 1. The molecule has 1 N–H and O–H groups in total. The molecule has 1 aliphatic carbocycles. The van der Waals surface area contributed by atoms with E-state index in [0.29, 0.717) is 42.2 Å². The molecular formula is C21H23N7O2. The van der Waals surface area contributed by atoms with E-state index >= 15 is 0 Å². The molecule has 9 nitrogen and oxygen atoms in total. The van der Waals surface area contributed by atoms with Gasteiger partial charge in [-0.15, -0.1) is 0 Å². The number of nitrogens with one attached hydrogen (secondary N) is 1. The average Bonchev–Trinajstić information content (AvgIpc) is 3.25. The number of rotatable bonds is 6. The van der Waals surface area contributed by atoms with E-state index in [0.717, 1.165) is 31.9 Å². The zero-order valence-electron chi connectivity index (χ0n) is 16.5. The van der Waals surface area contributed by atoms with Crippen LogP contribution < -0.4 is 10.2 Å². The van der Waals surface area contributed by atoms with Crippen LogP contribution in [0, 0.1) is 17.8 Å². The number of pyridine rings is 1. The van der Waals surface area contributed by atoms with Crippen LogP contribution in [-0.2, 0) is 11.2 Å². The third kappa shape index (κ3) is 3.74. The van der Waals surface area contributed by atoms with E-state index < -0.39 is 0 Å². The van der Waals surface area contributed by atoms with Gasteiger partial charge in [0, 0.05) is 50.6 Å². The molecule has 3 aromatic rings. The predicted molar refractivity (Wildman–Crippen MR) is 108 cm³/mol. The number of fused-ring (bicyclic) bond motifs is 1. The van der Waals surface area contributed by atoms with Gasteiger partial charge in [-0.25, -0.2) is 9.97 Å². The number of hydrogen-bond acceptors (Lipinski definition) is 8. The summed E-state index contributed by atoms with van der Waals surface area (Å²) in [6, 6.07) is 7.36. The standard InChI is InChI=1S/C21H23N7O2/c29-20(23-10-5-18-26-19(27-30-18)17-4-1-2-7-22-17)15-12-14-6-11-28(13-16(14)15)21-24-8-3-9-25-21/h1-4,7-9,14-16H,5-6,10-13H2,(H,23,29)/t14-,15-,16-/m1/s1. The van der Waals surface area contributed by atoms with E-state index in [4.69, 9.17) is 4.52 Å². The first kappa shape index (κ1) is 18.7. The Balaban J connectivity index is 1.12. The van der Waals surface area contributed by atoms with Gasteiger partial charge in [0.2, 0.25) is 23.6 Å². The number of nitrogens with zero attached hydrogens (tertiary/aromatic N) is 6. The summed E-state index contributed by atoms with van der Waals surface area (Å²) in [5.74, 6) is 2.85. The first-order valence-electron chi connectivity index (χ1n) is 10.3. The molecule has 30 heavy (non-hydrogen) atoms. The highest BCUT2D eigenvalue weighted by Gasteiger charge is 2.47. The Hall–Kier alpha value is -3.36. The number of anilines is 1. The summed E-state index contributed by atoms with van der Waals surface area (Å²) in [5, 5.41) is 7.00. The predicted octanol–water partition coefficient (Wildman–Crippen LogP) is 1.74. The van der Waals surface area contributed by atoms with Crippen LogP contribution >= 0.6 is 0 Å². The molecule has 4 heterocycles. The van der Waals surface area contributed by atoms with E-state index in [1.807, 2.05) is 24.3 Å². The Morgan fingerprint density at radius 1 is 1.17 bits per heavy atom. The van der Waals surface area contributed by atoms with Crippen LogP contribution in [0.2, 0.25) is 0 Å². The lowest BCUT2D eigenvalue weighted by Gasteiger charge is -2.50. The Bertz CT molecular complexity index is 995. The lowest BCUT2D eigenvalue weighted by molar-refractivity contribution is -0.133. The van der Waals surface area contributed by atoms with Crippen LogP contribution in [0.15, 0.2) is 47.4 Å². The summed E-state index contributed by atoms with van der Waals surface area (Å²) < 4.78 is 5.28. The van der Waals surface area contributed by atoms with Crippen LogP contribution in [-0.4, -0.2) is 50.6 Å². The molecule has 0 bridgehead atoms. The highest BCUT2D eigenvalue weighted by Crippen LogP contribution is 2.46. The number of aromatic nitrogens is 5. The number of carbonyl (C=O) groups excluding carboxylic acids is 1. The second-order valence-corrected chi connectivity index (χ2v) is 7.82. The Labute approximate surface area is 173 Å².